The predicted molar refractivity (Wildman–Crippen MR) is 98.9 cm³/mol. The minimum atomic E-state index is -1.22. The van der Waals surface area contributed by atoms with Crippen molar-refractivity contribution >= 4 is 35.1 Å². The summed E-state index contributed by atoms with van der Waals surface area (Å²) in [7, 11) is 0. The summed E-state index contributed by atoms with van der Waals surface area (Å²) in [6, 6.07) is 10.6. The molecule has 3 rings (SSSR count). The van der Waals surface area contributed by atoms with E-state index in [1.165, 1.54) is 18.7 Å². The number of benzene rings is 1. The summed E-state index contributed by atoms with van der Waals surface area (Å²) in [5.41, 5.74) is 0.879. The van der Waals surface area contributed by atoms with E-state index in [0.29, 0.717) is 18.6 Å². The first kappa shape index (κ1) is 19.1. The average Bonchev–Trinajstić information content (AvgIpc) is 3.20. The second-order valence-corrected chi connectivity index (χ2v) is 7.86. The van der Waals surface area contributed by atoms with Gasteiger partial charge in [0.1, 0.15) is 16.8 Å². The number of carbonyl (C=O) groups excluding carboxylic acids is 3. The normalized spacial score (nSPS) is 24.8. The zero-order valence-corrected chi connectivity index (χ0v) is 15.6. The number of ether oxygens (including phenoxy) is 1. The molecule has 3 atom stereocenters. The standard InChI is InChI=1S/C19H19N3O4S/c1-12(21)14(9-20)16(23)10-26-18(25)15-11-27-19(8-7-17(24)22(15)19)13-5-3-2-4-6-13/h2-6,14-15,21H,7-8,10-11H2,1H3/t14?,15-,19-/m1/s1. The van der Waals surface area contributed by atoms with Gasteiger partial charge in [-0.25, -0.2) is 4.79 Å². The maximum Gasteiger partial charge on any atom is 0.330 e. The number of fused-ring (bicyclic) bond motifs is 1. The largest absolute Gasteiger partial charge is 0.456 e. The van der Waals surface area contributed by atoms with Crippen LogP contribution in [0.5, 0.6) is 0 Å². The number of rotatable bonds is 6. The van der Waals surface area contributed by atoms with Gasteiger partial charge < -0.3 is 15.0 Å². The molecule has 8 heteroatoms. The average molecular weight is 385 g/mol. The Balaban J connectivity index is 1.74. The van der Waals surface area contributed by atoms with Gasteiger partial charge in [-0.1, -0.05) is 30.3 Å². The van der Waals surface area contributed by atoms with Crippen molar-refractivity contribution < 1.29 is 19.1 Å². The summed E-state index contributed by atoms with van der Waals surface area (Å²) in [6.07, 6.45) is 0.973. The minimum absolute atomic E-state index is 0.0900. The van der Waals surface area contributed by atoms with E-state index in [0.717, 1.165) is 5.56 Å². The third kappa shape index (κ3) is 3.35. The first-order valence-corrected chi connectivity index (χ1v) is 9.55. The minimum Gasteiger partial charge on any atom is -0.456 e. The fourth-order valence-corrected chi connectivity index (χ4v) is 5.18. The van der Waals surface area contributed by atoms with Crippen molar-refractivity contribution in [2.75, 3.05) is 12.4 Å². The molecule has 1 aromatic rings. The fourth-order valence-electron chi connectivity index (χ4n) is 3.55. The van der Waals surface area contributed by atoms with Crippen molar-refractivity contribution in [3.8, 4) is 6.07 Å². The van der Waals surface area contributed by atoms with Gasteiger partial charge in [0.05, 0.1) is 6.07 Å². The molecule has 140 valence electrons. The third-order valence-corrected chi connectivity index (χ3v) is 6.46. The van der Waals surface area contributed by atoms with Crippen LogP contribution in [0.15, 0.2) is 30.3 Å². The Labute approximate surface area is 161 Å². The first-order chi connectivity index (χ1) is 12.9. The summed E-state index contributed by atoms with van der Waals surface area (Å²) in [6.45, 7) is 0.785. The van der Waals surface area contributed by atoms with E-state index < -0.39 is 35.2 Å². The number of ketones is 1. The number of nitriles is 1. The smallest absolute Gasteiger partial charge is 0.330 e. The maximum atomic E-state index is 12.6. The topological polar surface area (TPSA) is 111 Å². The van der Waals surface area contributed by atoms with Gasteiger partial charge in [-0.15, -0.1) is 11.8 Å². The summed E-state index contributed by atoms with van der Waals surface area (Å²) >= 11 is 1.54. The monoisotopic (exact) mass is 385 g/mol. The van der Waals surface area contributed by atoms with E-state index in [-0.39, 0.29) is 11.6 Å². The second-order valence-electron chi connectivity index (χ2n) is 6.56. The molecule has 1 amide bonds. The van der Waals surface area contributed by atoms with Gasteiger partial charge in [0.25, 0.3) is 0 Å². The first-order valence-electron chi connectivity index (χ1n) is 8.56. The fraction of sp³-hybridized carbons (Fsp3) is 0.421. The molecule has 0 spiro atoms. The van der Waals surface area contributed by atoms with Crippen molar-refractivity contribution in [1.82, 2.24) is 4.90 Å². The van der Waals surface area contributed by atoms with Crippen molar-refractivity contribution in [1.29, 1.82) is 10.7 Å². The Morgan fingerprint density at radius 3 is 2.78 bits per heavy atom. The van der Waals surface area contributed by atoms with Gasteiger partial charge in [0, 0.05) is 17.9 Å². The number of nitrogens with one attached hydrogen (secondary N) is 1. The number of esters is 1. The van der Waals surface area contributed by atoms with E-state index >= 15 is 0 Å². The van der Waals surface area contributed by atoms with Crippen molar-refractivity contribution in [2.45, 2.75) is 30.7 Å². The van der Waals surface area contributed by atoms with Gasteiger partial charge in [0.15, 0.2) is 12.4 Å². The highest BCUT2D eigenvalue weighted by atomic mass is 32.2. The van der Waals surface area contributed by atoms with E-state index in [1.807, 2.05) is 30.3 Å². The molecule has 0 radical (unpaired) electrons. The van der Waals surface area contributed by atoms with Gasteiger partial charge in [-0.05, 0) is 18.9 Å². The molecule has 2 heterocycles. The van der Waals surface area contributed by atoms with E-state index in [1.54, 1.807) is 11.0 Å². The molecule has 27 heavy (non-hydrogen) atoms. The number of Topliss-reactive ketones (excluding diaryl/α,β-unsaturated/α-hetero) is 1. The number of amides is 1. The van der Waals surface area contributed by atoms with Crippen LogP contribution in [0, 0.1) is 22.7 Å². The molecule has 1 unspecified atom stereocenters. The molecule has 0 bridgehead atoms. The Morgan fingerprint density at radius 1 is 1.44 bits per heavy atom. The Hall–Kier alpha value is -2.66. The SMILES string of the molecule is CC(=N)C(C#N)C(=O)COC(=O)[C@H]1CS[C@@]2(c3ccccc3)CCC(=O)N12. The van der Waals surface area contributed by atoms with Crippen LogP contribution in [0.3, 0.4) is 0 Å². The summed E-state index contributed by atoms with van der Waals surface area (Å²) in [5.74, 6) is -2.22. The lowest BCUT2D eigenvalue weighted by Gasteiger charge is -2.33. The predicted octanol–water partition coefficient (Wildman–Crippen LogP) is 1.87. The highest BCUT2D eigenvalue weighted by Crippen LogP contribution is 2.54. The molecule has 2 aliphatic heterocycles. The van der Waals surface area contributed by atoms with Crippen molar-refractivity contribution in [2.24, 2.45) is 5.92 Å². The molecular formula is C19H19N3O4S. The molecule has 2 saturated heterocycles. The molecule has 0 aromatic heterocycles. The van der Waals surface area contributed by atoms with E-state index in [9.17, 15) is 14.4 Å². The molecule has 7 nitrogen and oxygen atoms in total. The zero-order valence-electron chi connectivity index (χ0n) is 14.8. The van der Waals surface area contributed by atoms with Crippen LogP contribution in [-0.2, 0) is 24.0 Å². The molecular weight excluding hydrogens is 366 g/mol. The highest BCUT2D eigenvalue weighted by molar-refractivity contribution is 8.00. The lowest BCUT2D eigenvalue weighted by atomic mass is 10.0. The van der Waals surface area contributed by atoms with Crippen LogP contribution in [-0.4, -0.2) is 46.7 Å². The van der Waals surface area contributed by atoms with Crippen LogP contribution in [0.2, 0.25) is 0 Å². The van der Waals surface area contributed by atoms with Crippen LogP contribution in [0.1, 0.15) is 25.3 Å². The maximum absolute atomic E-state index is 12.6. The third-order valence-electron chi connectivity index (χ3n) is 4.86. The second kappa shape index (κ2) is 7.53. The lowest BCUT2D eigenvalue weighted by molar-refractivity contribution is -0.156. The highest BCUT2D eigenvalue weighted by Gasteiger charge is 2.57. The summed E-state index contributed by atoms with van der Waals surface area (Å²) in [5, 5.41) is 16.4. The quantitative estimate of drug-likeness (QED) is 0.591. The van der Waals surface area contributed by atoms with Crippen LogP contribution >= 0.6 is 11.8 Å². The number of carbonyl (C=O) groups is 3. The molecule has 0 saturated carbocycles. The molecule has 1 N–H and O–H groups in total. The molecule has 2 fully saturated rings. The van der Waals surface area contributed by atoms with E-state index in [2.05, 4.69) is 0 Å². The van der Waals surface area contributed by atoms with Gasteiger partial charge >= 0.3 is 5.97 Å². The number of thioether (sulfide) groups is 1. The Bertz CT molecular complexity index is 835. The lowest BCUT2D eigenvalue weighted by Crippen LogP contribution is -2.47. The molecule has 1 aromatic carbocycles. The zero-order chi connectivity index (χ0) is 19.6. The van der Waals surface area contributed by atoms with Gasteiger partial charge in [-0.3, -0.25) is 9.59 Å². The van der Waals surface area contributed by atoms with Gasteiger partial charge in [0.2, 0.25) is 5.91 Å². The summed E-state index contributed by atoms with van der Waals surface area (Å²) < 4.78 is 5.11. The van der Waals surface area contributed by atoms with Crippen molar-refractivity contribution in [3.05, 3.63) is 35.9 Å². The molecule has 0 aliphatic carbocycles. The van der Waals surface area contributed by atoms with Crippen LogP contribution in [0.4, 0.5) is 0 Å². The van der Waals surface area contributed by atoms with Crippen molar-refractivity contribution in [3.63, 3.8) is 0 Å². The van der Waals surface area contributed by atoms with Gasteiger partial charge in [-0.2, -0.15) is 5.26 Å². The number of nitrogens with zero attached hydrogens (tertiary/aromatic N) is 2. The van der Waals surface area contributed by atoms with E-state index in [4.69, 9.17) is 15.4 Å². The molecule has 2 aliphatic rings. The van der Waals surface area contributed by atoms with Crippen LogP contribution < -0.4 is 0 Å². The number of hydrogen-bond acceptors (Lipinski definition) is 7. The van der Waals surface area contributed by atoms with Crippen LogP contribution in [0.25, 0.3) is 0 Å². The Kier molecular flexibility index (Phi) is 5.33. The number of hydrogen-bond donors (Lipinski definition) is 1. The Morgan fingerprint density at radius 2 is 2.15 bits per heavy atom. The summed E-state index contributed by atoms with van der Waals surface area (Å²) in [4.78, 5) is 38.1.